The van der Waals surface area contributed by atoms with Crippen LogP contribution in [0, 0.1) is 0 Å². The second-order valence-electron chi connectivity index (χ2n) is 6.37. The molecule has 0 atom stereocenters. The van der Waals surface area contributed by atoms with Crippen LogP contribution in [-0.2, 0) is 11.2 Å². The number of carbonyl (C=O) groups is 1. The summed E-state index contributed by atoms with van der Waals surface area (Å²) in [6.45, 7) is 1.61. The number of rotatable bonds is 4. The first kappa shape index (κ1) is 15.1. The second-order valence-corrected chi connectivity index (χ2v) is 8.16. The summed E-state index contributed by atoms with van der Waals surface area (Å²) in [5, 5.41) is 8.43. The van der Waals surface area contributed by atoms with E-state index in [0.29, 0.717) is 18.4 Å². The molecule has 1 aliphatic carbocycles. The number of amides is 1. The Morgan fingerprint density at radius 3 is 2.70 bits per heavy atom. The molecule has 2 aromatic heterocycles. The van der Waals surface area contributed by atoms with E-state index in [1.165, 1.54) is 24.2 Å². The van der Waals surface area contributed by atoms with Gasteiger partial charge in [0.05, 0.1) is 10.8 Å². The van der Waals surface area contributed by atoms with Crippen molar-refractivity contribution in [2.24, 2.45) is 0 Å². The van der Waals surface area contributed by atoms with Gasteiger partial charge in [0.1, 0.15) is 12.2 Å². The SMILES string of the molecule is O=C(Cc1ccc(Cl)s1)N1CCC(c2nncn2C2CC2)CC1. The summed E-state index contributed by atoms with van der Waals surface area (Å²) < 4.78 is 2.99. The Bertz CT molecular complexity index is 701. The van der Waals surface area contributed by atoms with Gasteiger partial charge in [-0.05, 0) is 37.8 Å². The Morgan fingerprint density at radius 1 is 1.26 bits per heavy atom. The van der Waals surface area contributed by atoms with Crippen LogP contribution in [0.2, 0.25) is 4.34 Å². The van der Waals surface area contributed by atoms with Gasteiger partial charge in [0.2, 0.25) is 5.91 Å². The number of likely N-dealkylation sites (tertiary alicyclic amines) is 1. The minimum absolute atomic E-state index is 0.200. The Kier molecular flexibility index (Phi) is 4.11. The maximum absolute atomic E-state index is 12.4. The number of nitrogens with zero attached hydrogens (tertiary/aromatic N) is 4. The van der Waals surface area contributed by atoms with E-state index in [1.807, 2.05) is 23.4 Å². The van der Waals surface area contributed by atoms with Gasteiger partial charge in [0, 0.05) is 29.9 Å². The summed E-state index contributed by atoms with van der Waals surface area (Å²) >= 11 is 7.42. The smallest absolute Gasteiger partial charge is 0.227 e. The molecule has 0 aromatic carbocycles. The molecule has 5 nitrogen and oxygen atoms in total. The molecular formula is C16H19ClN4OS. The van der Waals surface area contributed by atoms with Crippen LogP contribution >= 0.6 is 22.9 Å². The maximum atomic E-state index is 12.4. The molecule has 2 aliphatic rings. The average Bonchev–Trinajstić information content (AvgIpc) is 3.14. The standard InChI is InChI=1S/C16H19ClN4OS/c17-14-4-3-13(23-14)9-15(22)20-7-5-11(6-8-20)16-19-18-10-21(16)12-1-2-12/h3-4,10-12H,1-2,5-9H2. The topological polar surface area (TPSA) is 51.0 Å². The molecule has 2 aromatic rings. The van der Waals surface area contributed by atoms with Crippen LogP contribution < -0.4 is 0 Å². The van der Waals surface area contributed by atoms with E-state index in [-0.39, 0.29) is 5.91 Å². The maximum Gasteiger partial charge on any atom is 0.227 e. The van der Waals surface area contributed by atoms with E-state index >= 15 is 0 Å². The number of aromatic nitrogens is 3. The quantitative estimate of drug-likeness (QED) is 0.850. The van der Waals surface area contributed by atoms with Crippen molar-refractivity contribution in [2.75, 3.05) is 13.1 Å². The molecule has 23 heavy (non-hydrogen) atoms. The zero-order valence-corrected chi connectivity index (χ0v) is 14.4. The van der Waals surface area contributed by atoms with Gasteiger partial charge in [-0.2, -0.15) is 0 Å². The Balaban J connectivity index is 1.35. The van der Waals surface area contributed by atoms with Gasteiger partial charge in [-0.15, -0.1) is 21.5 Å². The van der Waals surface area contributed by atoms with E-state index in [4.69, 9.17) is 11.6 Å². The zero-order chi connectivity index (χ0) is 15.8. The predicted octanol–water partition coefficient (Wildman–Crippen LogP) is 3.28. The summed E-state index contributed by atoms with van der Waals surface area (Å²) in [5.74, 6) is 1.74. The van der Waals surface area contributed by atoms with Crippen molar-refractivity contribution in [2.45, 2.75) is 44.1 Å². The number of thiophene rings is 1. The van der Waals surface area contributed by atoms with Crippen LogP contribution in [0.4, 0.5) is 0 Å². The molecule has 0 bridgehead atoms. The highest BCUT2D eigenvalue weighted by Crippen LogP contribution is 2.38. The van der Waals surface area contributed by atoms with Crippen molar-refractivity contribution in [3.8, 4) is 0 Å². The lowest BCUT2D eigenvalue weighted by molar-refractivity contribution is -0.131. The van der Waals surface area contributed by atoms with Gasteiger partial charge in [0.25, 0.3) is 0 Å². The lowest BCUT2D eigenvalue weighted by Crippen LogP contribution is -2.39. The third-order valence-corrected chi connectivity index (χ3v) is 5.94. The van der Waals surface area contributed by atoms with Crippen LogP contribution in [0.15, 0.2) is 18.5 Å². The first-order valence-corrected chi connectivity index (χ1v) is 9.31. The van der Waals surface area contributed by atoms with Gasteiger partial charge < -0.3 is 9.47 Å². The van der Waals surface area contributed by atoms with Crippen LogP contribution in [0.3, 0.4) is 0 Å². The number of carbonyl (C=O) groups excluding carboxylic acids is 1. The molecule has 3 heterocycles. The van der Waals surface area contributed by atoms with E-state index in [0.717, 1.165) is 41.0 Å². The van der Waals surface area contributed by atoms with Gasteiger partial charge in [-0.3, -0.25) is 4.79 Å². The Morgan fingerprint density at radius 2 is 2.04 bits per heavy atom. The lowest BCUT2D eigenvalue weighted by atomic mass is 9.95. The number of hydrogen-bond donors (Lipinski definition) is 0. The third-order valence-electron chi connectivity index (χ3n) is 4.71. The van der Waals surface area contributed by atoms with Crippen LogP contribution in [-0.4, -0.2) is 38.7 Å². The molecule has 1 aliphatic heterocycles. The highest BCUT2D eigenvalue weighted by atomic mass is 35.5. The molecular weight excluding hydrogens is 332 g/mol. The fraction of sp³-hybridized carbons (Fsp3) is 0.562. The van der Waals surface area contributed by atoms with Gasteiger partial charge in [-0.25, -0.2) is 0 Å². The van der Waals surface area contributed by atoms with Crippen molar-refractivity contribution < 1.29 is 4.79 Å². The average molecular weight is 351 g/mol. The van der Waals surface area contributed by atoms with Crippen LogP contribution in [0.1, 0.15) is 48.3 Å². The first-order valence-electron chi connectivity index (χ1n) is 8.12. The van der Waals surface area contributed by atoms with E-state index in [2.05, 4.69) is 14.8 Å². The van der Waals surface area contributed by atoms with Gasteiger partial charge in [0.15, 0.2) is 0 Å². The molecule has 0 unspecified atom stereocenters. The molecule has 1 saturated heterocycles. The molecule has 0 radical (unpaired) electrons. The Labute approximate surface area is 144 Å². The fourth-order valence-corrected chi connectivity index (χ4v) is 4.35. The van der Waals surface area contributed by atoms with Gasteiger partial charge >= 0.3 is 0 Å². The first-order chi connectivity index (χ1) is 11.2. The van der Waals surface area contributed by atoms with Crippen LogP contribution in [0.5, 0.6) is 0 Å². The normalized spacial score (nSPS) is 19.3. The van der Waals surface area contributed by atoms with Crippen LogP contribution in [0.25, 0.3) is 0 Å². The zero-order valence-electron chi connectivity index (χ0n) is 12.8. The van der Waals surface area contributed by atoms with Crippen molar-refractivity contribution in [3.63, 3.8) is 0 Å². The molecule has 0 N–H and O–H groups in total. The summed E-state index contributed by atoms with van der Waals surface area (Å²) in [5.41, 5.74) is 0. The minimum Gasteiger partial charge on any atom is -0.342 e. The van der Waals surface area contributed by atoms with Crippen molar-refractivity contribution in [1.29, 1.82) is 0 Å². The molecule has 1 saturated carbocycles. The largest absolute Gasteiger partial charge is 0.342 e. The highest BCUT2D eigenvalue weighted by Gasteiger charge is 2.31. The number of piperidine rings is 1. The monoisotopic (exact) mass is 350 g/mol. The van der Waals surface area contributed by atoms with Gasteiger partial charge in [-0.1, -0.05) is 11.6 Å². The van der Waals surface area contributed by atoms with Crippen molar-refractivity contribution in [1.82, 2.24) is 19.7 Å². The molecule has 0 spiro atoms. The third kappa shape index (κ3) is 3.28. The number of hydrogen-bond acceptors (Lipinski definition) is 4. The molecule has 2 fully saturated rings. The van der Waals surface area contributed by atoms with Crippen molar-refractivity contribution in [3.05, 3.63) is 33.5 Å². The predicted molar refractivity (Wildman–Crippen MR) is 89.9 cm³/mol. The molecule has 7 heteroatoms. The Hall–Kier alpha value is -1.40. The summed E-state index contributed by atoms with van der Waals surface area (Å²) in [7, 11) is 0. The fourth-order valence-electron chi connectivity index (χ4n) is 3.27. The molecule has 1 amide bonds. The number of halogens is 1. The molecule has 122 valence electrons. The lowest BCUT2D eigenvalue weighted by Gasteiger charge is -2.31. The van der Waals surface area contributed by atoms with E-state index in [1.54, 1.807) is 0 Å². The highest BCUT2D eigenvalue weighted by molar-refractivity contribution is 7.16. The second kappa shape index (κ2) is 6.24. The summed E-state index contributed by atoms with van der Waals surface area (Å²) in [6.07, 6.45) is 6.76. The van der Waals surface area contributed by atoms with E-state index < -0.39 is 0 Å². The van der Waals surface area contributed by atoms with Crippen molar-refractivity contribution >= 4 is 28.8 Å². The summed E-state index contributed by atoms with van der Waals surface area (Å²) in [4.78, 5) is 15.4. The van der Waals surface area contributed by atoms with E-state index in [9.17, 15) is 4.79 Å². The minimum atomic E-state index is 0.200. The summed E-state index contributed by atoms with van der Waals surface area (Å²) in [6, 6.07) is 4.41. The molecule has 4 rings (SSSR count).